The fourth-order valence-electron chi connectivity index (χ4n) is 1.99. The van der Waals surface area contributed by atoms with E-state index in [-0.39, 0.29) is 5.91 Å². The van der Waals surface area contributed by atoms with Crippen molar-refractivity contribution in [1.82, 2.24) is 4.98 Å². The fraction of sp³-hybridized carbons (Fsp3) is 0.200. The number of nitrogens with two attached hydrogens (primary N) is 1. The number of aromatic nitrogens is 1. The lowest BCUT2D eigenvalue weighted by Gasteiger charge is -2.21. The molecule has 1 aromatic heterocycles. The van der Waals surface area contributed by atoms with Crippen molar-refractivity contribution in [2.45, 2.75) is 13.8 Å². The molecule has 0 atom stereocenters. The normalized spacial score (nSPS) is 10.3. The second-order valence-corrected chi connectivity index (χ2v) is 4.99. The van der Waals surface area contributed by atoms with Gasteiger partial charge >= 0.3 is 0 Å². The van der Waals surface area contributed by atoms with Crippen LogP contribution in [0.1, 0.15) is 22.8 Å². The van der Waals surface area contributed by atoms with Gasteiger partial charge in [-0.25, -0.2) is 10.8 Å². The van der Waals surface area contributed by atoms with Gasteiger partial charge in [0, 0.05) is 18.4 Å². The number of carbonyl (C=O) groups excluding carboxylic acids is 1. The van der Waals surface area contributed by atoms with Gasteiger partial charge in [-0.2, -0.15) is 0 Å². The van der Waals surface area contributed by atoms with E-state index in [9.17, 15) is 4.79 Å². The number of nitrogens with one attached hydrogen (secondary N) is 1. The summed E-state index contributed by atoms with van der Waals surface area (Å²) in [5.74, 6) is 5.46. The predicted molar refractivity (Wildman–Crippen MR) is 85.6 cm³/mol. The molecule has 5 nitrogen and oxygen atoms in total. The van der Waals surface area contributed by atoms with E-state index in [1.54, 1.807) is 11.0 Å². The summed E-state index contributed by atoms with van der Waals surface area (Å²) >= 11 is 6.01. The van der Waals surface area contributed by atoms with Crippen LogP contribution in [0, 0.1) is 6.92 Å². The van der Waals surface area contributed by atoms with Crippen molar-refractivity contribution in [3.05, 3.63) is 52.7 Å². The maximum Gasteiger partial charge on any atom is 0.259 e. The lowest BCUT2D eigenvalue weighted by Crippen LogP contribution is -2.30. The standard InChI is InChI=1S/C15H17ClN4O/c1-3-20(12-6-4-10(2)5-7-12)15(21)11-8-13(16)14(19-17)18-9-11/h4-9H,3,17H2,1-2H3,(H,18,19). The van der Waals surface area contributed by atoms with Crippen LogP contribution in [0.15, 0.2) is 36.5 Å². The molecule has 2 aromatic rings. The van der Waals surface area contributed by atoms with Crippen molar-refractivity contribution in [2.75, 3.05) is 16.9 Å². The topological polar surface area (TPSA) is 71.2 Å². The molecule has 0 fully saturated rings. The van der Waals surface area contributed by atoms with Crippen LogP contribution in [-0.2, 0) is 0 Å². The average Bonchev–Trinajstić information content (AvgIpc) is 2.49. The molecule has 0 aliphatic carbocycles. The molecule has 0 saturated carbocycles. The van der Waals surface area contributed by atoms with Crippen LogP contribution in [0.25, 0.3) is 0 Å². The number of carbonyl (C=O) groups is 1. The Kier molecular flexibility index (Phi) is 4.77. The molecule has 2 rings (SSSR count). The summed E-state index contributed by atoms with van der Waals surface area (Å²) in [5, 5.41) is 0.309. The molecule has 1 aromatic carbocycles. The van der Waals surface area contributed by atoms with E-state index in [4.69, 9.17) is 17.4 Å². The van der Waals surface area contributed by atoms with Gasteiger partial charge in [-0.05, 0) is 32.0 Å². The number of nitrogens with zero attached hydrogens (tertiary/aromatic N) is 2. The zero-order valence-corrected chi connectivity index (χ0v) is 12.7. The van der Waals surface area contributed by atoms with Gasteiger partial charge in [0.05, 0.1) is 10.6 Å². The Balaban J connectivity index is 2.32. The summed E-state index contributed by atoms with van der Waals surface area (Å²) < 4.78 is 0. The van der Waals surface area contributed by atoms with Crippen molar-refractivity contribution in [3.63, 3.8) is 0 Å². The number of pyridine rings is 1. The molecular weight excluding hydrogens is 288 g/mol. The van der Waals surface area contributed by atoms with Gasteiger partial charge in [0.1, 0.15) is 0 Å². The highest BCUT2D eigenvalue weighted by Gasteiger charge is 2.17. The van der Waals surface area contributed by atoms with Gasteiger partial charge < -0.3 is 10.3 Å². The van der Waals surface area contributed by atoms with Crippen LogP contribution in [-0.4, -0.2) is 17.4 Å². The number of halogens is 1. The summed E-state index contributed by atoms with van der Waals surface area (Å²) in [4.78, 5) is 18.3. The molecule has 0 bridgehead atoms. The minimum absolute atomic E-state index is 0.153. The zero-order valence-electron chi connectivity index (χ0n) is 11.9. The highest BCUT2D eigenvalue weighted by Crippen LogP contribution is 2.22. The third-order valence-electron chi connectivity index (χ3n) is 3.13. The Morgan fingerprint density at radius 1 is 1.38 bits per heavy atom. The van der Waals surface area contributed by atoms with Gasteiger partial charge in [-0.15, -0.1) is 0 Å². The number of amides is 1. The molecule has 1 heterocycles. The van der Waals surface area contributed by atoms with E-state index in [1.165, 1.54) is 6.20 Å². The number of benzene rings is 1. The van der Waals surface area contributed by atoms with E-state index in [0.717, 1.165) is 11.3 Å². The lowest BCUT2D eigenvalue weighted by atomic mass is 10.2. The minimum Gasteiger partial charge on any atom is -0.309 e. The number of rotatable bonds is 4. The lowest BCUT2D eigenvalue weighted by molar-refractivity contribution is 0.0988. The molecule has 0 radical (unpaired) electrons. The van der Waals surface area contributed by atoms with Crippen molar-refractivity contribution in [2.24, 2.45) is 5.84 Å². The van der Waals surface area contributed by atoms with E-state index in [2.05, 4.69) is 10.4 Å². The highest BCUT2D eigenvalue weighted by molar-refractivity contribution is 6.33. The van der Waals surface area contributed by atoms with Crippen molar-refractivity contribution in [3.8, 4) is 0 Å². The first-order valence-corrected chi connectivity index (χ1v) is 6.95. The van der Waals surface area contributed by atoms with E-state index < -0.39 is 0 Å². The Bertz CT molecular complexity index is 643. The SMILES string of the molecule is CCN(C(=O)c1cnc(NN)c(Cl)c1)c1ccc(C)cc1. The van der Waals surface area contributed by atoms with Crippen LogP contribution in [0.5, 0.6) is 0 Å². The summed E-state index contributed by atoms with van der Waals surface area (Å²) in [5.41, 5.74) is 4.77. The third kappa shape index (κ3) is 3.32. The number of anilines is 2. The van der Waals surface area contributed by atoms with Gasteiger partial charge in [0.15, 0.2) is 5.82 Å². The number of hydrazine groups is 1. The van der Waals surface area contributed by atoms with Crippen LogP contribution in [0.4, 0.5) is 11.5 Å². The first-order valence-electron chi connectivity index (χ1n) is 6.57. The summed E-state index contributed by atoms with van der Waals surface area (Å²) in [6.45, 7) is 4.48. The first kappa shape index (κ1) is 15.3. The summed E-state index contributed by atoms with van der Waals surface area (Å²) in [6, 6.07) is 9.34. The second kappa shape index (κ2) is 6.56. The molecule has 0 aliphatic heterocycles. The van der Waals surface area contributed by atoms with Gasteiger partial charge in [-0.3, -0.25) is 4.79 Å². The van der Waals surface area contributed by atoms with Crippen LogP contribution < -0.4 is 16.2 Å². The second-order valence-electron chi connectivity index (χ2n) is 4.58. The Labute approximate surface area is 128 Å². The molecule has 3 N–H and O–H groups in total. The van der Waals surface area contributed by atoms with E-state index in [1.807, 2.05) is 38.1 Å². The van der Waals surface area contributed by atoms with Crippen LogP contribution >= 0.6 is 11.6 Å². The highest BCUT2D eigenvalue weighted by atomic mass is 35.5. The number of hydrogen-bond acceptors (Lipinski definition) is 4. The largest absolute Gasteiger partial charge is 0.309 e. The summed E-state index contributed by atoms with van der Waals surface area (Å²) in [7, 11) is 0. The Morgan fingerprint density at radius 2 is 2.05 bits per heavy atom. The molecule has 0 saturated heterocycles. The van der Waals surface area contributed by atoms with Crippen molar-refractivity contribution >= 4 is 29.0 Å². The predicted octanol–water partition coefficient (Wildman–Crippen LogP) is 3.00. The van der Waals surface area contributed by atoms with Gasteiger partial charge in [-0.1, -0.05) is 29.3 Å². The first-order chi connectivity index (χ1) is 10.1. The van der Waals surface area contributed by atoms with Crippen molar-refractivity contribution in [1.29, 1.82) is 0 Å². The Morgan fingerprint density at radius 3 is 2.57 bits per heavy atom. The monoisotopic (exact) mass is 304 g/mol. The fourth-order valence-corrected chi connectivity index (χ4v) is 2.21. The third-order valence-corrected chi connectivity index (χ3v) is 3.42. The maximum atomic E-state index is 12.6. The number of hydrogen-bond donors (Lipinski definition) is 2. The summed E-state index contributed by atoms with van der Waals surface area (Å²) in [6.07, 6.45) is 1.46. The molecular formula is C15H17ClN4O. The zero-order chi connectivity index (χ0) is 15.4. The van der Waals surface area contributed by atoms with E-state index >= 15 is 0 Å². The number of nitrogen functional groups attached to an aromatic ring is 1. The van der Waals surface area contributed by atoms with Crippen LogP contribution in [0.2, 0.25) is 5.02 Å². The maximum absolute atomic E-state index is 12.6. The molecule has 6 heteroatoms. The molecule has 1 amide bonds. The number of aryl methyl sites for hydroxylation is 1. The van der Waals surface area contributed by atoms with Crippen LogP contribution in [0.3, 0.4) is 0 Å². The average molecular weight is 305 g/mol. The van der Waals surface area contributed by atoms with Crippen molar-refractivity contribution < 1.29 is 4.79 Å². The smallest absolute Gasteiger partial charge is 0.259 e. The molecule has 21 heavy (non-hydrogen) atoms. The molecule has 0 aliphatic rings. The molecule has 110 valence electrons. The van der Waals surface area contributed by atoms with Gasteiger partial charge in [0.2, 0.25) is 0 Å². The van der Waals surface area contributed by atoms with E-state index in [0.29, 0.717) is 22.9 Å². The molecule has 0 unspecified atom stereocenters. The van der Waals surface area contributed by atoms with Gasteiger partial charge in [0.25, 0.3) is 5.91 Å². The Hall–Kier alpha value is -2.11. The minimum atomic E-state index is -0.153. The quantitative estimate of drug-likeness (QED) is 0.673. The molecule has 0 spiro atoms.